The Bertz CT molecular complexity index is 1060. The third-order valence-corrected chi connectivity index (χ3v) is 7.81. The average Bonchev–Trinajstić information content (AvgIpc) is 3.39. The molecule has 1 atom stereocenters. The fourth-order valence-electron chi connectivity index (χ4n) is 4.93. The highest BCUT2D eigenvalue weighted by atomic mass is 32.1. The number of fused-ring (bicyclic) bond motifs is 1. The van der Waals surface area contributed by atoms with Crippen molar-refractivity contribution in [3.63, 3.8) is 0 Å². The Labute approximate surface area is 181 Å². The molecule has 0 saturated carbocycles. The van der Waals surface area contributed by atoms with Gasteiger partial charge in [0.15, 0.2) is 0 Å². The minimum atomic E-state index is 0.0983. The zero-order valence-electron chi connectivity index (χ0n) is 17.5. The largest absolute Gasteiger partial charge is 0.356 e. The first-order valence-electron chi connectivity index (χ1n) is 10.8. The van der Waals surface area contributed by atoms with Crippen LogP contribution in [0.2, 0.25) is 0 Å². The second kappa shape index (κ2) is 7.95. The standard InChI is InChI=1S/C23H27N5OS/c1-15-16(2)30-22-20(15)21(25-14-26-22)27-11-7-17(8-12-27)23(29)28-10-4-6-19(28)18-5-3-9-24-13-18/h3,5,9,13-14,17,19H,4,6-8,10-12H2,1-2H3/t19-/m0/s1. The van der Waals surface area contributed by atoms with Gasteiger partial charge in [-0.05, 0) is 56.7 Å². The molecule has 0 N–H and O–H groups in total. The highest BCUT2D eigenvalue weighted by Crippen LogP contribution is 2.37. The van der Waals surface area contributed by atoms with E-state index in [-0.39, 0.29) is 12.0 Å². The average molecular weight is 422 g/mol. The van der Waals surface area contributed by atoms with Gasteiger partial charge in [0.1, 0.15) is 17.0 Å². The second-order valence-corrected chi connectivity index (χ2v) is 9.60. The van der Waals surface area contributed by atoms with Crippen LogP contribution in [0.4, 0.5) is 5.82 Å². The van der Waals surface area contributed by atoms with E-state index in [1.165, 1.54) is 15.8 Å². The summed E-state index contributed by atoms with van der Waals surface area (Å²) in [6.07, 6.45) is 9.23. The van der Waals surface area contributed by atoms with E-state index >= 15 is 0 Å². The molecule has 0 spiro atoms. The number of rotatable bonds is 3. The first kappa shape index (κ1) is 19.4. The number of carbonyl (C=O) groups excluding carboxylic acids is 1. The third-order valence-electron chi connectivity index (χ3n) is 6.69. The molecule has 2 aliphatic heterocycles. The maximum absolute atomic E-state index is 13.4. The molecule has 5 rings (SSSR count). The summed E-state index contributed by atoms with van der Waals surface area (Å²) in [6.45, 7) is 6.89. The molecule has 0 aromatic carbocycles. The lowest BCUT2D eigenvalue weighted by molar-refractivity contribution is -0.137. The van der Waals surface area contributed by atoms with Crippen LogP contribution in [-0.2, 0) is 4.79 Å². The second-order valence-electron chi connectivity index (χ2n) is 8.40. The van der Waals surface area contributed by atoms with Crippen molar-refractivity contribution < 1.29 is 4.79 Å². The van der Waals surface area contributed by atoms with Crippen molar-refractivity contribution in [3.8, 4) is 0 Å². The van der Waals surface area contributed by atoms with Crippen LogP contribution in [0.1, 0.15) is 47.7 Å². The van der Waals surface area contributed by atoms with Crippen molar-refractivity contribution in [1.29, 1.82) is 0 Å². The summed E-state index contributed by atoms with van der Waals surface area (Å²) >= 11 is 1.73. The highest BCUT2D eigenvalue weighted by Gasteiger charge is 2.36. The zero-order chi connectivity index (χ0) is 20.7. The molecule has 0 bridgehead atoms. The number of pyridine rings is 1. The Balaban J connectivity index is 1.30. The number of aryl methyl sites for hydroxylation is 2. The molecule has 5 heterocycles. The first-order valence-corrected chi connectivity index (χ1v) is 11.6. The maximum Gasteiger partial charge on any atom is 0.226 e. The van der Waals surface area contributed by atoms with Crippen molar-refractivity contribution in [3.05, 3.63) is 46.9 Å². The number of hydrogen-bond acceptors (Lipinski definition) is 6. The topological polar surface area (TPSA) is 62.2 Å². The fourth-order valence-corrected chi connectivity index (χ4v) is 5.92. The van der Waals surface area contributed by atoms with Gasteiger partial charge < -0.3 is 9.80 Å². The van der Waals surface area contributed by atoms with Gasteiger partial charge in [-0.1, -0.05) is 6.07 Å². The van der Waals surface area contributed by atoms with E-state index in [1.54, 1.807) is 23.9 Å². The van der Waals surface area contributed by atoms with Crippen LogP contribution in [0.5, 0.6) is 0 Å². The minimum Gasteiger partial charge on any atom is -0.356 e. The summed E-state index contributed by atoms with van der Waals surface area (Å²) in [5, 5.41) is 1.18. The highest BCUT2D eigenvalue weighted by molar-refractivity contribution is 7.18. The summed E-state index contributed by atoms with van der Waals surface area (Å²) < 4.78 is 0. The lowest BCUT2D eigenvalue weighted by atomic mass is 9.94. The molecular formula is C23H27N5OS. The van der Waals surface area contributed by atoms with E-state index in [4.69, 9.17) is 0 Å². The molecule has 3 aromatic heterocycles. The summed E-state index contributed by atoms with van der Waals surface area (Å²) in [6, 6.07) is 4.24. The van der Waals surface area contributed by atoms with E-state index < -0.39 is 0 Å². The summed E-state index contributed by atoms with van der Waals surface area (Å²) in [4.78, 5) is 33.5. The number of thiophene rings is 1. The Morgan fingerprint density at radius 1 is 1.13 bits per heavy atom. The predicted octanol–water partition coefficient (Wildman–Crippen LogP) is 4.28. The molecule has 6 nitrogen and oxygen atoms in total. The molecule has 2 saturated heterocycles. The van der Waals surface area contributed by atoms with Crippen molar-refractivity contribution in [2.24, 2.45) is 5.92 Å². The summed E-state index contributed by atoms with van der Waals surface area (Å²) in [5.74, 6) is 1.44. The molecule has 2 aliphatic rings. The van der Waals surface area contributed by atoms with E-state index in [2.05, 4.69) is 44.7 Å². The van der Waals surface area contributed by atoms with Crippen LogP contribution in [0.25, 0.3) is 10.2 Å². The molecular weight excluding hydrogens is 394 g/mol. The molecule has 156 valence electrons. The van der Waals surface area contributed by atoms with Crippen LogP contribution < -0.4 is 4.90 Å². The van der Waals surface area contributed by atoms with Gasteiger partial charge in [-0.25, -0.2) is 9.97 Å². The van der Waals surface area contributed by atoms with Crippen molar-refractivity contribution >= 4 is 33.3 Å². The maximum atomic E-state index is 13.4. The van der Waals surface area contributed by atoms with Gasteiger partial charge >= 0.3 is 0 Å². The number of hydrogen-bond donors (Lipinski definition) is 0. The molecule has 0 aliphatic carbocycles. The predicted molar refractivity (Wildman–Crippen MR) is 120 cm³/mol. The van der Waals surface area contributed by atoms with Gasteiger partial charge in [-0.15, -0.1) is 11.3 Å². The lowest BCUT2D eigenvalue weighted by Gasteiger charge is -2.35. The number of nitrogens with zero attached hydrogens (tertiary/aromatic N) is 5. The number of amides is 1. The van der Waals surface area contributed by atoms with Crippen LogP contribution >= 0.6 is 11.3 Å². The van der Waals surface area contributed by atoms with Gasteiger partial charge in [0, 0.05) is 42.8 Å². The fraction of sp³-hybridized carbons (Fsp3) is 0.478. The SMILES string of the molecule is Cc1sc2ncnc(N3CCC(C(=O)N4CCC[C@H]4c4cccnc4)CC3)c2c1C. The summed E-state index contributed by atoms with van der Waals surface area (Å²) in [7, 11) is 0. The van der Waals surface area contributed by atoms with Crippen LogP contribution in [0, 0.1) is 19.8 Å². The normalized spacial score (nSPS) is 20.3. The van der Waals surface area contributed by atoms with E-state index in [1.807, 2.05) is 12.3 Å². The van der Waals surface area contributed by atoms with Crippen LogP contribution in [-0.4, -0.2) is 45.4 Å². The number of anilines is 1. The Hall–Kier alpha value is -2.54. The van der Waals surface area contributed by atoms with E-state index in [0.717, 1.165) is 61.5 Å². The van der Waals surface area contributed by atoms with Gasteiger partial charge in [0.2, 0.25) is 5.91 Å². The molecule has 0 unspecified atom stereocenters. The van der Waals surface area contributed by atoms with Crippen molar-refractivity contribution in [2.75, 3.05) is 24.5 Å². The Kier molecular flexibility index (Phi) is 5.15. The molecule has 1 amide bonds. The quantitative estimate of drug-likeness (QED) is 0.632. The van der Waals surface area contributed by atoms with Crippen molar-refractivity contribution in [2.45, 2.75) is 45.6 Å². The smallest absolute Gasteiger partial charge is 0.226 e. The monoisotopic (exact) mass is 421 g/mol. The lowest BCUT2D eigenvalue weighted by Crippen LogP contribution is -2.42. The van der Waals surface area contributed by atoms with Crippen LogP contribution in [0.15, 0.2) is 30.9 Å². The molecule has 30 heavy (non-hydrogen) atoms. The van der Waals surface area contributed by atoms with Crippen LogP contribution in [0.3, 0.4) is 0 Å². The van der Waals surface area contributed by atoms with E-state index in [0.29, 0.717) is 5.91 Å². The third kappa shape index (κ3) is 3.35. The molecule has 3 aromatic rings. The van der Waals surface area contributed by atoms with Crippen molar-refractivity contribution in [1.82, 2.24) is 19.9 Å². The first-order chi connectivity index (χ1) is 14.6. The van der Waals surface area contributed by atoms with Gasteiger partial charge in [0.05, 0.1) is 11.4 Å². The van der Waals surface area contributed by atoms with Gasteiger partial charge in [-0.2, -0.15) is 0 Å². The number of piperidine rings is 1. The molecule has 0 radical (unpaired) electrons. The van der Waals surface area contributed by atoms with E-state index in [9.17, 15) is 4.79 Å². The molecule has 7 heteroatoms. The van der Waals surface area contributed by atoms with Gasteiger partial charge in [-0.3, -0.25) is 9.78 Å². The summed E-state index contributed by atoms with van der Waals surface area (Å²) in [5.41, 5.74) is 2.44. The Morgan fingerprint density at radius 3 is 2.73 bits per heavy atom. The number of likely N-dealkylation sites (tertiary alicyclic amines) is 1. The number of aromatic nitrogens is 3. The van der Waals surface area contributed by atoms with Gasteiger partial charge in [0.25, 0.3) is 0 Å². The molecule has 2 fully saturated rings. The Morgan fingerprint density at radius 2 is 1.97 bits per heavy atom. The zero-order valence-corrected chi connectivity index (χ0v) is 18.4. The number of carbonyl (C=O) groups is 1. The minimum absolute atomic E-state index is 0.0983.